The van der Waals surface area contributed by atoms with Crippen molar-refractivity contribution in [1.82, 2.24) is 0 Å². The van der Waals surface area contributed by atoms with Crippen molar-refractivity contribution in [3.8, 4) is 0 Å². The Hall–Kier alpha value is -1.04. The summed E-state index contributed by atoms with van der Waals surface area (Å²) >= 11 is 0. The van der Waals surface area contributed by atoms with E-state index in [4.69, 9.17) is 42.6 Å². The fraction of sp³-hybridized carbons (Fsp3) is 1.00. The molecule has 17 N–H and O–H groups in total. The largest absolute Gasteiger partial charge is 0.394 e. The van der Waals surface area contributed by atoms with Crippen LogP contribution in [0.15, 0.2) is 0 Å². The second-order valence-electron chi connectivity index (χ2n) is 14.0. The highest BCUT2D eigenvalue weighted by molar-refractivity contribution is 4.97. The van der Waals surface area contributed by atoms with Crippen molar-refractivity contribution in [3.63, 3.8) is 0 Å². The van der Waals surface area contributed by atoms with Gasteiger partial charge in [0.15, 0.2) is 31.5 Å². The van der Waals surface area contributed by atoms with E-state index in [1.807, 2.05) is 0 Å². The minimum Gasteiger partial charge on any atom is -0.394 e. The van der Waals surface area contributed by atoms with Crippen LogP contribution in [-0.4, -0.2) is 273 Å². The Morgan fingerprint density at radius 1 is 0.304 bits per heavy atom. The second kappa shape index (κ2) is 19.6. The molecular weight excluding hydrogens is 776 g/mol. The zero-order chi connectivity index (χ0) is 41.3. The summed E-state index contributed by atoms with van der Waals surface area (Å²) in [4.78, 5) is 0. The minimum absolute atomic E-state index is 0.768. The molecule has 0 aromatic carbocycles. The van der Waals surface area contributed by atoms with Crippen LogP contribution in [0.4, 0.5) is 0 Å². The predicted octanol–water partition coefficient (Wildman–Crippen LogP) is -11.9. The van der Waals surface area contributed by atoms with Crippen LogP contribution in [0.1, 0.15) is 0 Å². The number of hydrogen-bond donors (Lipinski definition) is 17. The summed E-state index contributed by atoms with van der Waals surface area (Å²) in [6.45, 7) is -4.06. The molecule has 5 saturated heterocycles. The summed E-state index contributed by atoms with van der Waals surface area (Å²) < 4.78 is 48.6. The van der Waals surface area contributed by atoms with E-state index in [1.54, 1.807) is 0 Å². The van der Waals surface area contributed by atoms with Gasteiger partial charge in [0.1, 0.15) is 122 Å². The van der Waals surface area contributed by atoms with E-state index in [-0.39, 0.29) is 0 Å². The quantitative estimate of drug-likeness (QED) is 0.0819. The van der Waals surface area contributed by atoms with Gasteiger partial charge in [0, 0.05) is 0 Å². The van der Waals surface area contributed by atoms with E-state index in [2.05, 4.69) is 0 Å². The van der Waals surface area contributed by atoms with E-state index in [9.17, 15) is 86.8 Å². The van der Waals surface area contributed by atoms with Crippen LogP contribution in [0.5, 0.6) is 0 Å². The average Bonchev–Trinajstić information content (AvgIpc) is 3.18. The molecule has 26 heteroatoms. The van der Waals surface area contributed by atoms with Gasteiger partial charge in [-0.3, -0.25) is 0 Å². The lowest BCUT2D eigenvalue weighted by Crippen LogP contribution is -2.65. The van der Waals surface area contributed by atoms with Crippen LogP contribution in [0.25, 0.3) is 0 Å². The van der Waals surface area contributed by atoms with E-state index in [0.717, 1.165) is 0 Å². The van der Waals surface area contributed by atoms with Gasteiger partial charge in [-0.25, -0.2) is 0 Å². The molecule has 56 heavy (non-hydrogen) atoms. The molecule has 5 aliphatic heterocycles. The lowest BCUT2D eigenvalue weighted by Gasteiger charge is -2.46. The van der Waals surface area contributed by atoms with Gasteiger partial charge >= 0.3 is 0 Å². The number of hydrogen-bond acceptors (Lipinski definition) is 26. The smallest absolute Gasteiger partial charge is 0.187 e. The normalized spacial score (nSPS) is 53.2. The van der Waals surface area contributed by atoms with Gasteiger partial charge in [0.2, 0.25) is 0 Å². The molecule has 5 aliphatic rings. The summed E-state index contributed by atoms with van der Waals surface area (Å²) in [6.07, 6.45) is -45.2. The summed E-state index contributed by atoms with van der Waals surface area (Å²) in [5.41, 5.74) is 0. The minimum atomic E-state index is -2.07. The molecule has 328 valence electrons. The van der Waals surface area contributed by atoms with Crippen LogP contribution in [-0.2, 0) is 42.6 Å². The van der Waals surface area contributed by atoms with Crippen molar-refractivity contribution in [1.29, 1.82) is 0 Å². The van der Waals surface area contributed by atoms with Gasteiger partial charge in [-0.05, 0) is 0 Å². The first-order valence-electron chi connectivity index (χ1n) is 17.6. The topological polar surface area (TPSA) is 427 Å². The number of ether oxygens (including phenoxy) is 9. The van der Waals surface area contributed by atoms with Crippen LogP contribution >= 0.6 is 0 Å². The first-order chi connectivity index (χ1) is 26.4. The first kappa shape index (κ1) is 46.0. The molecule has 5 fully saturated rings. The Labute approximate surface area is 316 Å². The average molecular weight is 829 g/mol. The molecule has 0 aromatic rings. The van der Waals surface area contributed by atoms with Crippen molar-refractivity contribution in [2.75, 3.05) is 33.0 Å². The highest BCUT2D eigenvalue weighted by atomic mass is 16.8. The Balaban J connectivity index is 1.20. The molecule has 25 atom stereocenters. The summed E-state index contributed by atoms with van der Waals surface area (Å²) in [7, 11) is 0. The molecule has 0 radical (unpaired) electrons. The molecule has 0 aromatic heterocycles. The summed E-state index contributed by atoms with van der Waals surface area (Å²) in [6, 6.07) is 0. The fourth-order valence-electron chi connectivity index (χ4n) is 6.81. The molecule has 5 rings (SSSR count). The third-order valence-corrected chi connectivity index (χ3v) is 10.3. The van der Waals surface area contributed by atoms with E-state index >= 15 is 0 Å². The predicted molar refractivity (Wildman–Crippen MR) is 167 cm³/mol. The molecule has 26 nitrogen and oxygen atoms in total. The van der Waals surface area contributed by atoms with Gasteiger partial charge in [0.05, 0.1) is 33.0 Å². The molecule has 0 saturated carbocycles. The third-order valence-electron chi connectivity index (χ3n) is 10.3. The monoisotopic (exact) mass is 828 g/mol. The molecule has 0 bridgehead atoms. The van der Waals surface area contributed by atoms with Crippen molar-refractivity contribution in [2.45, 2.75) is 154 Å². The van der Waals surface area contributed by atoms with Gasteiger partial charge in [-0.1, -0.05) is 0 Å². The first-order valence-corrected chi connectivity index (χ1v) is 17.6. The lowest BCUT2D eigenvalue weighted by molar-refractivity contribution is -0.368. The van der Waals surface area contributed by atoms with E-state index < -0.39 is 187 Å². The van der Waals surface area contributed by atoms with Crippen molar-refractivity contribution >= 4 is 0 Å². The highest BCUT2D eigenvalue weighted by Gasteiger charge is 2.54. The molecule has 0 spiro atoms. The maximum atomic E-state index is 11.0. The molecule has 1 unspecified atom stereocenters. The van der Waals surface area contributed by atoms with E-state index in [0.29, 0.717) is 0 Å². The van der Waals surface area contributed by atoms with Crippen molar-refractivity contribution in [3.05, 3.63) is 0 Å². The van der Waals surface area contributed by atoms with Gasteiger partial charge in [-0.15, -0.1) is 0 Å². The summed E-state index contributed by atoms with van der Waals surface area (Å²) in [5, 5.41) is 175. The molecule has 0 amide bonds. The third kappa shape index (κ3) is 9.46. The fourth-order valence-corrected chi connectivity index (χ4v) is 6.81. The Morgan fingerprint density at radius 3 is 1.09 bits per heavy atom. The van der Waals surface area contributed by atoms with Crippen molar-refractivity contribution < 1.29 is 129 Å². The second-order valence-corrected chi connectivity index (χ2v) is 14.0. The van der Waals surface area contributed by atoms with Gasteiger partial charge in [0.25, 0.3) is 0 Å². The SMILES string of the molecule is OC[C@H]1O[C@@H](O[C@@H]2[C@@H](O)[C@H](OC[C@H]3O[C@@H](OC[C@H]4OC(O)[C@H](O)[C@@H](O[C@@H]5O[C@H](CO)[C@@H](O)[C@H](O)[C@H]5O)[C@@H]4O)[C@H](O)[C@@H](O)[C@@H]3O)O[C@H](CO)[C@H]2O)[C@H](O)[C@@H](O)[C@@H]1O. The molecule has 5 heterocycles. The van der Waals surface area contributed by atoms with Gasteiger partial charge < -0.3 is 129 Å². The van der Waals surface area contributed by atoms with E-state index in [1.165, 1.54) is 0 Å². The lowest BCUT2D eigenvalue weighted by atomic mass is 9.96. The molecular formula is C30H52O26. The molecule has 0 aliphatic carbocycles. The van der Waals surface area contributed by atoms with Crippen LogP contribution < -0.4 is 0 Å². The summed E-state index contributed by atoms with van der Waals surface area (Å²) in [5.74, 6) is 0. The highest BCUT2D eigenvalue weighted by Crippen LogP contribution is 2.32. The zero-order valence-corrected chi connectivity index (χ0v) is 29.2. The zero-order valence-electron chi connectivity index (χ0n) is 29.2. The number of rotatable bonds is 13. The number of aliphatic hydroxyl groups is 17. The van der Waals surface area contributed by atoms with Crippen molar-refractivity contribution in [2.24, 2.45) is 0 Å². The maximum absolute atomic E-state index is 11.0. The standard InChI is InChI=1S/C30H52O26/c31-1-6-11(34)16(39)20(43)29(52-6)55-24-15(38)10(50-26(47)22(24)45)5-48-27-19(42)18(41)13(36)9(54-27)4-49-28-23(46)25(14(37)8(3-33)51-28)56-30-21(44)17(40)12(35)7(2-32)53-30/h6-47H,1-5H2/t6-,7-,8-,9-,10-,11-,12-,13-,14-,15-,16+,17+,18+,19-,20-,21-,22-,23-,24+,25+,26?,27-,28-,29+,30+/m1/s1. The van der Waals surface area contributed by atoms with Crippen LogP contribution in [0, 0.1) is 0 Å². The van der Waals surface area contributed by atoms with Crippen LogP contribution in [0.3, 0.4) is 0 Å². The maximum Gasteiger partial charge on any atom is 0.187 e. The van der Waals surface area contributed by atoms with Gasteiger partial charge in [-0.2, -0.15) is 0 Å². The number of aliphatic hydroxyl groups excluding tert-OH is 17. The Morgan fingerprint density at radius 2 is 0.625 bits per heavy atom. The Kier molecular flexibility index (Phi) is 16.1. The van der Waals surface area contributed by atoms with Crippen LogP contribution in [0.2, 0.25) is 0 Å². The Bertz CT molecular complexity index is 1200.